The lowest BCUT2D eigenvalue weighted by molar-refractivity contribution is -0.156. The Hall–Kier alpha value is -1.06. The Morgan fingerprint density at radius 1 is 1.31 bits per heavy atom. The third-order valence-electron chi connectivity index (χ3n) is 3.62. The van der Waals surface area contributed by atoms with Crippen LogP contribution in [0.2, 0.25) is 0 Å². The number of amides is 1. The van der Waals surface area contributed by atoms with Crippen molar-refractivity contribution in [3.63, 3.8) is 0 Å². The van der Waals surface area contributed by atoms with Gasteiger partial charge in [0, 0.05) is 7.05 Å². The maximum Gasteiger partial charge on any atom is 0.318 e. The van der Waals surface area contributed by atoms with Crippen molar-refractivity contribution in [2.75, 3.05) is 7.05 Å². The van der Waals surface area contributed by atoms with Crippen LogP contribution in [0.5, 0.6) is 0 Å². The van der Waals surface area contributed by atoms with Gasteiger partial charge in [-0.2, -0.15) is 0 Å². The van der Waals surface area contributed by atoms with Crippen molar-refractivity contribution in [2.45, 2.75) is 45.4 Å². The van der Waals surface area contributed by atoms with Crippen molar-refractivity contribution >= 4 is 11.9 Å². The van der Waals surface area contributed by atoms with Crippen LogP contribution in [0.25, 0.3) is 0 Å². The minimum absolute atomic E-state index is 0.382. The van der Waals surface area contributed by atoms with E-state index in [-0.39, 0.29) is 5.91 Å². The van der Waals surface area contributed by atoms with Crippen LogP contribution in [0.3, 0.4) is 0 Å². The molecule has 1 aliphatic rings. The zero-order valence-corrected chi connectivity index (χ0v) is 10.1. The third-order valence-corrected chi connectivity index (χ3v) is 3.62. The number of carboxylic acid groups (broad SMARTS) is 1. The molecule has 0 aromatic rings. The summed E-state index contributed by atoms with van der Waals surface area (Å²) >= 11 is 0. The SMILES string of the molecule is CNC(=O)C(C)(CC1CCCCC1)C(=O)O. The van der Waals surface area contributed by atoms with E-state index < -0.39 is 11.4 Å². The van der Waals surface area contributed by atoms with Gasteiger partial charge in [0.25, 0.3) is 0 Å². The molecule has 16 heavy (non-hydrogen) atoms. The Kier molecular flexibility index (Phi) is 4.33. The van der Waals surface area contributed by atoms with E-state index in [4.69, 9.17) is 0 Å². The van der Waals surface area contributed by atoms with E-state index in [2.05, 4.69) is 5.32 Å². The van der Waals surface area contributed by atoms with Gasteiger partial charge in [-0.1, -0.05) is 32.1 Å². The number of hydrogen-bond acceptors (Lipinski definition) is 2. The number of aliphatic carboxylic acids is 1. The second-order valence-corrected chi connectivity index (χ2v) is 4.92. The van der Waals surface area contributed by atoms with Gasteiger partial charge in [0.1, 0.15) is 5.41 Å². The first-order chi connectivity index (χ1) is 7.50. The lowest BCUT2D eigenvalue weighted by atomic mass is 9.75. The number of nitrogens with one attached hydrogen (secondary N) is 1. The van der Waals surface area contributed by atoms with E-state index in [9.17, 15) is 14.7 Å². The minimum Gasteiger partial charge on any atom is -0.480 e. The molecule has 0 aliphatic heterocycles. The van der Waals surface area contributed by atoms with Crippen LogP contribution in [-0.4, -0.2) is 24.0 Å². The maximum absolute atomic E-state index is 11.7. The highest BCUT2D eigenvalue weighted by Crippen LogP contribution is 2.35. The number of carbonyl (C=O) groups is 2. The zero-order chi connectivity index (χ0) is 12.2. The molecule has 1 fully saturated rings. The topological polar surface area (TPSA) is 66.4 Å². The van der Waals surface area contributed by atoms with Gasteiger partial charge in [0.2, 0.25) is 5.91 Å². The van der Waals surface area contributed by atoms with Crippen LogP contribution >= 0.6 is 0 Å². The lowest BCUT2D eigenvalue weighted by Gasteiger charge is -2.30. The van der Waals surface area contributed by atoms with Crippen LogP contribution in [-0.2, 0) is 9.59 Å². The first-order valence-corrected chi connectivity index (χ1v) is 5.96. The Labute approximate surface area is 96.4 Å². The molecule has 0 aromatic carbocycles. The van der Waals surface area contributed by atoms with Crippen molar-refractivity contribution in [1.29, 1.82) is 0 Å². The summed E-state index contributed by atoms with van der Waals surface area (Å²) in [6, 6.07) is 0. The molecule has 1 unspecified atom stereocenters. The summed E-state index contributed by atoms with van der Waals surface area (Å²) in [6.07, 6.45) is 6.13. The van der Waals surface area contributed by atoms with E-state index in [1.54, 1.807) is 0 Å². The summed E-state index contributed by atoms with van der Waals surface area (Å²) in [5.41, 5.74) is -1.27. The molecular formula is C12H21NO3. The molecule has 4 nitrogen and oxygen atoms in total. The van der Waals surface area contributed by atoms with E-state index in [0.29, 0.717) is 12.3 Å². The molecule has 1 rings (SSSR count). The summed E-state index contributed by atoms with van der Waals surface area (Å²) in [5.74, 6) is -1.02. The molecule has 1 aliphatic carbocycles. The van der Waals surface area contributed by atoms with Gasteiger partial charge in [-0.05, 0) is 19.3 Å². The smallest absolute Gasteiger partial charge is 0.318 e. The van der Waals surface area contributed by atoms with Gasteiger partial charge in [-0.3, -0.25) is 9.59 Å². The molecule has 2 N–H and O–H groups in total. The van der Waals surface area contributed by atoms with Gasteiger partial charge in [-0.25, -0.2) is 0 Å². The highest BCUT2D eigenvalue weighted by molar-refractivity contribution is 6.01. The minimum atomic E-state index is -1.27. The molecule has 1 saturated carbocycles. The summed E-state index contributed by atoms with van der Waals surface area (Å²) in [5, 5.41) is 11.7. The van der Waals surface area contributed by atoms with Crippen LogP contribution in [0.1, 0.15) is 45.4 Å². The molecule has 0 heterocycles. The van der Waals surface area contributed by atoms with Crippen molar-refractivity contribution in [1.82, 2.24) is 5.32 Å². The maximum atomic E-state index is 11.7. The largest absolute Gasteiger partial charge is 0.480 e. The number of carboxylic acids is 1. The molecule has 4 heteroatoms. The van der Waals surface area contributed by atoms with Crippen molar-refractivity contribution in [3.05, 3.63) is 0 Å². The Bertz CT molecular complexity index is 271. The Balaban J connectivity index is 2.70. The number of carbonyl (C=O) groups excluding carboxylic acids is 1. The number of hydrogen-bond donors (Lipinski definition) is 2. The lowest BCUT2D eigenvalue weighted by Crippen LogP contribution is -2.44. The molecule has 0 aromatic heterocycles. The van der Waals surface area contributed by atoms with Crippen molar-refractivity contribution in [2.24, 2.45) is 11.3 Å². The first kappa shape index (κ1) is 13.0. The molecule has 1 amide bonds. The first-order valence-electron chi connectivity index (χ1n) is 5.96. The second-order valence-electron chi connectivity index (χ2n) is 4.92. The fourth-order valence-electron chi connectivity index (χ4n) is 2.52. The summed E-state index contributed by atoms with van der Waals surface area (Å²) in [6.45, 7) is 1.53. The molecule has 0 spiro atoms. The van der Waals surface area contributed by atoms with Gasteiger partial charge in [-0.15, -0.1) is 0 Å². The predicted molar refractivity (Wildman–Crippen MR) is 61.0 cm³/mol. The van der Waals surface area contributed by atoms with E-state index in [0.717, 1.165) is 25.7 Å². The summed E-state index contributed by atoms with van der Waals surface area (Å²) in [7, 11) is 1.49. The van der Waals surface area contributed by atoms with E-state index >= 15 is 0 Å². The quantitative estimate of drug-likeness (QED) is 0.720. The van der Waals surface area contributed by atoms with E-state index in [1.807, 2.05) is 0 Å². The standard InChI is InChI=1S/C12H21NO3/c1-12(11(15)16,10(14)13-2)8-9-6-4-3-5-7-9/h9H,3-8H2,1-2H3,(H,13,14)(H,15,16). The van der Waals surface area contributed by atoms with E-state index in [1.165, 1.54) is 20.4 Å². The average Bonchev–Trinajstić information content (AvgIpc) is 2.28. The van der Waals surface area contributed by atoms with Crippen molar-refractivity contribution < 1.29 is 14.7 Å². The predicted octanol–water partition coefficient (Wildman–Crippen LogP) is 1.79. The zero-order valence-electron chi connectivity index (χ0n) is 10.1. The Morgan fingerprint density at radius 3 is 2.31 bits per heavy atom. The van der Waals surface area contributed by atoms with Gasteiger partial charge >= 0.3 is 5.97 Å². The fraction of sp³-hybridized carbons (Fsp3) is 0.833. The highest BCUT2D eigenvalue weighted by atomic mass is 16.4. The summed E-state index contributed by atoms with van der Waals surface area (Å²) in [4.78, 5) is 22.9. The highest BCUT2D eigenvalue weighted by Gasteiger charge is 2.42. The Morgan fingerprint density at radius 2 is 1.88 bits per heavy atom. The molecule has 1 atom stereocenters. The third kappa shape index (κ3) is 2.74. The monoisotopic (exact) mass is 227 g/mol. The molecule has 0 bridgehead atoms. The van der Waals surface area contributed by atoms with Gasteiger partial charge in [0.15, 0.2) is 0 Å². The van der Waals surface area contributed by atoms with Crippen LogP contribution in [0, 0.1) is 11.3 Å². The number of rotatable bonds is 4. The van der Waals surface area contributed by atoms with Crippen LogP contribution < -0.4 is 5.32 Å². The molecule has 92 valence electrons. The fourth-order valence-corrected chi connectivity index (χ4v) is 2.52. The van der Waals surface area contributed by atoms with Crippen molar-refractivity contribution in [3.8, 4) is 0 Å². The van der Waals surface area contributed by atoms with Crippen LogP contribution in [0.15, 0.2) is 0 Å². The van der Waals surface area contributed by atoms with Gasteiger partial charge in [0.05, 0.1) is 0 Å². The normalized spacial score (nSPS) is 21.1. The summed E-state index contributed by atoms with van der Waals surface area (Å²) < 4.78 is 0. The van der Waals surface area contributed by atoms with Crippen LogP contribution in [0.4, 0.5) is 0 Å². The second kappa shape index (κ2) is 5.32. The van der Waals surface area contributed by atoms with Gasteiger partial charge < -0.3 is 10.4 Å². The molecule has 0 radical (unpaired) electrons. The average molecular weight is 227 g/mol. The molecule has 0 saturated heterocycles. The molecular weight excluding hydrogens is 206 g/mol.